The Morgan fingerprint density at radius 1 is 1.24 bits per heavy atom. The van der Waals surface area contributed by atoms with Gasteiger partial charge in [0.1, 0.15) is 6.04 Å². The molecule has 2 fully saturated rings. The molecule has 2 rings (SSSR count). The number of nitrogens with one attached hydrogen (secondary N) is 1. The highest BCUT2D eigenvalue weighted by Crippen LogP contribution is 2.24. The van der Waals surface area contributed by atoms with Gasteiger partial charge in [0.25, 0.3) is 0 Å². The highest BCUT2D eigenvalue weighted by molar-refractivity contribution is 5.95. The van der Waals surface area contributed by atoms with Gasteiger partial charge in [-0.25, -0.2) is 0 Å². The van der Waals surface area contributed by atoms with Crippen LogP contribution in [0.5, 0.6) is 0 Å². The van der Waals surface area contributed by atoms with Crippen LogP contribution in [0.1, 0.15) is 51.9 Å². The average molecular weight is 238 g/mol. The molecule has 1 saturated heterocycles. The van der Waals surface area contributed by atoms with Gasteiger partial charge in [-0.2, -0.15) is 0 Å². The Morgan fingerprint density at radius 2 is 1.94 bits per heavy atom. The highest BCUT2D eigenvalue weighted by atomic mass is 16.2. The van der Waals surface area contributed by atoms with E-state index in [1.54, 1.807) is 0 Å². The van der Waals surface area contributed by atoms with Gasteiger partial charge in [0, 0.05) is 6.04 Å². The predicted molar refractivity (Wildman–Crippen MR) is 65.4 cm³/mol. The molecule has 2 aliphatic rings. The van der Waals surface area contributed by atoms with E-state index >= 15 is 0 Å². The lowest BCUT2D eigenvalue weighted by molar-refractivity contribution is -0.147. The molecule has 1 N–H and O–H groups in total. The summed E-state index contributed by atoms with van der Waals surface area (Å²) < 4.78 is 0. The Hall–Kier alpha value is -1.06. The quantitative estimate of drug-likeness (QED) is 0.809. The van der Waals surface area contributed by atoms with Crippen LogP contribution >= 0.6 is 0 Å². The van der Waals surface area contributed by atoms with Gasteiger partial charge in [-0.15, -0.1) is 0 Å². The van der Waals surface area contributed by atoms with Gasteiger partial charge < -0.3 is 10.2 Å². The second kappa shape index (κ2) is 5.52. The lowest BCUT2D eigenvalue weighted by Gasteiger charge is -2.39. The fourth-order valence-electron chi connectivity index (χ4n) is 2.92. The first kappa shape index (κ1) is 12.4. The zero-order valence-corrected chi connectivity index (χ0v) is 10.6. The summed E-state index contributed by atoms with van der Waals surface area (Å²) in [6.45, 7) is 2.31. The Kier molecular flexibility index (Phi) is 4.02. The molecule has 0 aromatic heterocycles. The van der Waals surface area contributed by atoms with E-state index in [9.17, 15) is 9.59 Å². The van der Waals surface area contributed by atoms with E-state index < -0.39 is 0 Å². The number of hydrogen-bond acceptors (Lipinski definition) is 2. The number of nitrogens with zero attached hydrogens (tertiary/aromatic N) is 1. The molecule has 4 nitrogen and oxygen atoms in total. The second-order valence-electron chi connectivity index (χ2n) is 5.17. The summed E-state index contributed by atoms with van der Waals surface area (Å²) in [5, 5.41) is 2.81. The van der Waals surface area contributed by atoms with Crippen LogP contribution in [0.15, 0.2) is 0 Å². The Morgan fingerprint density at radius 3 is 2.59 bits per heavy atom. The van der Waals surface area contributed by atoms with Crippen LogP contribution in [0.4, 0.5) is 0 Å². The molecular formula is C13H22N2O2. The molecule has 1 heterocycles. The molecule has 0 aromatic carbocycles. The van der Waals surface area contributed by atoms with E-state index in [4.69, 9.17) is 0 Å². The Bertz CT molecular complexity index is 298. The van der Waals surface area contributed by atoms with Crippen molar-refractivity contribution in [3.05, 3.63) is 0 Å². The number of carbonyl (C=O) groups is 2. The first-order valence-electron chi connectivity index (χ1n) is 6.82. The third-order valence-electron chi connectivity index (χ3n) is 3.82. The molecule has 2 amide bonds. The topological polar surface area (TPSA) is 49.4 Å². The second-order valence-corrected chi connectivity index (χ2v) is 5.17. The van der Waals surface area contributed by atoms with E-state index in [0.717, 1.165) is 25.7 Å². The van der Waals surface area contributed by atoms with Crippen molar-refractivity contribution >= 4 is 11.8 Å². The van der Waals surface area contributed by atoms with Gasteiger partial charge >= 0.3 is 0 Å². The molecule has 1 atom stereocenters. The normalized spacial score (nSPS) is 27.1. The van der Waals surface area contributed by atoms with Crippen LogP contribution in [0.3, 0.4) is 0 Å². The van der Waals surface area contributed by atoms with Gasteiger partial charge in [-0.3, -0.25) is 9.59 Å². The molecule has 1 saturated carbocycles. The van der Waals surface area contributed by atoms with Gasteiger partial charge in [0.15, 0.2) is 0 Å². The summed E-state index contributed by atoms with van der Waals surface area (Å²) in [7, 11) is 0. The molecular weight excluding hydrogens is 216 g/mol. The zero-order chi connectivity index (χ0) is 12.3. The van der Waals surface area contributed by atoms with Crippen molar-refractivity contribution in [2.45, 2.75) is 64.0 Å². The summed E-state index contributed by atoms with van der Waals surface area (Å²) in [4.78, 5) is 25.7. The minimum absolute atomic E-state index is 0.00798. The van der Waals surface area contributed by atoms with Gasteiger partial charge in [0.2, 0.25) is 11.8 Å². The number of amides is 2. The van der Waals surface area contributed by atoms with Crippen molar-refractivity contribution in [1.82, 2.24) is 10.2 Å². The molecule has 0 radical (unpaired) electrons. The summed E-state index contributed by atoms with van der Waals surface area (Å²) in [5.41, 5.74) is 0. The maximum atomic E-state index is 12.3. The van der Waals surface area contributed by atoms with E-state index in [2.05, 4.69) is 5.32 Å². The molecule has 0 spiro atoms. The SMILES string of the molecule is CCCC1NC(=O)CN(C2CCCCC2)C1=O. The van der Waals surface area contributed by atoms with Crippen LogP contribution < -0.4 is 5.32 Å². The van der Waals surface area contributed by atoms with Crippen LogP contribution in [0.2, 0.25) is 0 Å². The summed E-state index contributed by atoms with van der Waals surface area (Å²) in [5.74, 6) is 0.145. The van der Waals surface area contributed by atoms with Crippen molar-refractivity contribution in [3.63, 3.8) is 0 Å². The minimum Gasteiger partial charge on any atom is -0.343 e. The number of hydrogen-bond donors (Lipinski definition) is 1. The fraction of sp³-hybridized carbons (Fsp3) is 0.846. The largest absolute Gasteiger partial charge is 0.343 e. The maximum absolute atomic E-state index is 12.3. The summed E-state index contributed by atoms with van der Waals surface area (Å²) in [6.07, 6.45) is 7.46. The molecule has 17 heavy (non-hydrogen) atoms. The summed E-state index contributed by atoms with van der Waals surface area (Å²) >= 11 is 0. The van der Waals surface area contributed by atoms with Gasteiger partial charge in [-0.1, -0.05) is 32.6 Å². The van der Waals surface area contributed by atoms with E-state index in [1.165, 1.54) is 19.3 Å². The average Bonchev–Trinajstić information content (AvgIpc) is 2.35. The van der Waals surface area contributed by atoms with Crippen LogP contribution in [0, 0.1) is 0 Å². The predicted octanol–water partition coefficient (Wildman–Crippen LogP) is 1.45. The Labute approximate surface area is 103 Å². The first-order chi connectivity index (χ1) is 8.22. The van der Waals surface area contributed by atoms with Crippen molar-refractivity contribution < 1.29 is 9.59 Å². The van der Waals surface area contributed by atoms with Crippen molar-refractivity contribution in [2.75, 3.05) is 6.54 Å². The lowest BCUT2D eigenvalue weighted by atomic mass is 9.92. The van der Waals surface area contributed by atoms with E-state index in [1.807, 2.05) is 11.8 Å². The van der Waals surface area contributed by atoms with Gasteiger partial charge in [0.05, 0.1) is 6.54 Å². The Balaban J connectivity index is 2.03. The van der Waals surface area contributed by atoms with Crippen molar-refractivity contribution in [2.24, 2.45) is 0 Å². The smallest absolute Gasteiger partial charge is 0.245 e. The maximum Gasteiger partial charge on any atom is 0.245 e. The first-order valence-corrected chi connectivity index (χ1v) is 6.82. The molecule has 4 heteroatoms. The van der Waals surface area contributed by atoms with Crippen LogP contribution in [-0.4, -0.2) is 35.3 Å². The lowest BCUT2D eigenvalue weighted by Crippen LogP contribution is -2.60. The summed E-state index contributed by atoms with van der Waals surface area (Å²) in [6, 6.07) is 0.0323. The minimum atomic E-state index is -0.275. The standard InChI is InChI=1S/C13H22N2O2/c1-2-6-11-13(17)15(9-12(16)14-11)10-7-4-3-5-8-10/h10-11H,2-9H2,1H3,(H,14,16). The van der Waals surface area contributed by atoms with Crippen molar-refractivity contribution in [1.29, 1.82) is 0 Å². The van der Waals surface area contributed by atoms with E-state index in [-0.39, 0.29) is 24.4 Å². The third-order valence-corrected chi connectivity index (χ3v) is 3.82. The van der Waals surface area contributed by atoms with Crippen LogP contribution in [0.25, 0.3) is 0 Å². The van der Waals surface area contributed by atoms with Crippen molar-refractivity contribution in [3.8, 4) is 0 Å². The molecule has 1 aliphatic carbocycles. The molecule has 0 bridgehead atoms. The molecule has 0 aromatic rings. The molecule has 1 aliphatic heterocycles. The zero-order valence-electron chi connectivity index (χ0n) is 10.6. The third kappa shape index (κ3) is 2.79. The fourth-order valence-corrected chi connectivity index (χ4v) is 2.92. The molecule has 1 unspecified atom stereocenters. The monoisotopic (exact) mass is 238 g/mol. The number of carbonyl (C=O) groups excluding carboxylic acids is 2. The van der Waals surface area contributed by atoms with E-state index in [0.29, 0.717) is 6.04 Å². The van der Waals surface area contributed by atoms with Gasteiger partial charge in [-0.05, 0) is 19.3 Å². The number of rotatable bonds is 3. The molecule has 96 valence electrons. The highest BCUT2D eigenvalue weighted by Gasteiger charge is 2.36. The van der Waals surface area contributed by atoms with Crippen LogP contribution in [-0.2, 0) is 9.59 Å². The number of piperazine rings is 1.